The fourth-order valence-electron chi connectivity index (χ4n) is 1.75. The Labute approximate surface area is 108 Å². The number of para-hydroxylation sites is 1. The molecule has 2 nitrogen and oxygen atoms in total. The molecule has 0 atom stereocenters. The molecule has 1 heterocycles. The lowest BCUT2D eigenvalue weighted by Gasteiger charge is -1.98. The topological polar surface area (TPSA) is 17.8 Å². The van der Waals surface area contributed by atoms with Gasteiger partial charge in [-0.25, -0.2) is 4.68 Å². The quantitative estimate of drug-likeness (QED) is 0.638. The van der Waals surface area contributed by atoms with Crippen molar-refractivity contribution < 1.29 is 0 Å². The fourth-order valence-corrected chi connectivity index (χ4v) is 2.16. The van der Waals surface area contributed by atoms with Crippen LogP contribution in [0.4, 0.5) is 0 Å². The standard InChI is InChI=1S/C13H8Cl2N2/c14-11-6-7-12(15)13-10(11)8-17(16-13)9-4-2-1-3-5-9/h1-8H. The Morgan fingerprint density at radius 1 is 0.882 bits per heavy atom. The van der Waals surface area contributed by atoms with Crippen molar-refractivity contribution in [2.75, 3.05) is 0 Å². The third kappa shape index (κ3) is 1.79. The third-order valence-electron chi connectivity index (χ3n) is 2.59. The van der Waals surface area contributed by atoms with E-state index < -0.39 is 0 Å². The van der Waals surface area contributed by atoms with Gasteiger partial charge in [-0.15, -0.1) is 0 Å². The highest BCUT2D eigenvalue weighted by Gasteiger charge is 2.08. The number of benzene rings is 2. The van der Waals surface area contributed by atoms with Crippen LogP contribution in [0.5, 0.6) is 0 Å². The molecule has 0 fully saturated rings. The van der Waals surface area contributed by atoms with E-state index in [1.807, 2.05) is 36.5 Å². The lowest BCUT2D eigenvalue weighted by molar-refractivity contribution is 0.896. The highest BCUT2D eigenvalue weighted by Crippen LogP contribution is 2.29. The summed E-state index contributed by atoms with van der Waals surface area (Å²) in [5.74, 6) is 0. The van der Waals surface area contributed by atoms with Crippen molar-refractivity contribution in [2.24, 2.45) is 0 Å². The van der Waals surface area contributed by atoms with E-state index >= 15 is 0 Å². The van der Waals surface area contributed by atoms with E-state index in [-0.39, 0.29) is 0 Å². The minimum absolute atomic E-state index is 0.610. The summed E-state index contributed by atoms with van der Waals surface area (Å²) in [7, 11) is 0. The molecule has 0 amide bonds. The summed E-state index contributed by atoms with van der Waals surface area (Å²) < 4.78 is 1.78. The Balaban J connectivity index is 2.27. The number of fused-ring (bicyclic) bond motifs is 1. The second-order valence-corrected chi connectivity index (χ2v) is 4.52. The molecular formula is C13H8Cl2N2. The van der Waals surface area contributed by atoms with Crippen LogP contribution in [0.25, 0.3) is 16.6 Å². The molecule has 0 saturated heterocycles. The van der Waals surface area contributed by atoms with Gasteiger partial charge < -0.3 is 0 Å². The summed E-state index contributed by atoms with van der Waals surface area (Å²) in [5.41, 5.74) is 1.71. The Kier molecular flexibility index (Phi) is 2.54. The van der Waals surface area contributed by atoms with Crippen molar-refractivity contribution in [3.8, 4) is 5.69 Å². The zero-order chi connectivity index (χ0) is 11.8. The molecule has 3 rings (SSSR count). The summed E-state index contributed by atoms with van der Waals surface area (Å²) >= 11 is 12.2. The second-order valence-electron chi connectivity index (χ2n) is 3.70. The van der Waals surface area contributed by atoms with Crippen molar-refractivity contribution in [3.05, 3.63) is 58.7 Å². The Morgan fingerprint density at radius 3 is 2.29 bits per heavy atom. The smallest absolute Gasteiger partial charge is 0.113 e. The van der Waals surface area contributed by atoms with E-state index in [0.717, 1.165) is 16.6 Å². The number of aromatic nitrogens is 2. The van der Waals surface area contributed by atoms with Crippen molar-refractivity contribution in [1.29, 1.82) is 0 Å². The number of rotatable bonds is 1. The molecule has 0 saturated carbocycles. The molecule has 84 valence electrons. The molecule has 0 aliphatic carbocycles. The van der Waals surface area contributed by atoms with Crippen molar-refractivity contribution >= 4 is 34.1 Å². The zero-order valence-corrected chi connectivity index (χ0v) is 10.3. The number of nitrogens with zero attached hydrogens (tertiary/aromatic N) is 2. The van der Waals surface area contributed by atoms with Gasteiger partial charge in [0.05, 0.1) is 15.7 Å². The van der Waals surface area contributed by atoms with Crippen LogP contribution < -0.4 is 0 Å². The van der Waals surface area contributed by atoms with E-state index in [2.05, 4.69) is 5.10 Å². The normalized spacial score (nSPS) is 10.9. The van der Waals surface area contributed by atoms with Crippen LogP contribution in [0, 0.1) is 0 Å². The van der Waals surface area contributed by atoms with Gasteiger partial charge in [-0.1, -0.05) is 41.4 Å². The predicted octanol–water partition coefficient (Wildman–Crippen LogP) is 4.33. The van der Waals surface area contributed by atoms with Crippen LogP contribution in [0.1, 0.15) is 0 Å². The van der Waals surface area contributed by atoms with E-state index in [9.17, 15) is 0 Å². The molecule has 2 aromatic carbocycles. The molecule has 17 heavy (non-hydrogen) atoms. The highest BCUT2D eigenvalue weighted by atomic mass is 35.5. The first-order valence-corrected chi connectivity index (χ1v) is 5.90. The van der Waals surface area contributed by atoms with Gasteiger partial charge in [0, 0.05) is 11.6 Å². The average Bonchev–Trinajstić information content (AvgIpc) is 2.81. The predicted molar refractivity (Wildman–Crippen MR) is 71.1 cm³/mol. The first-order valence-electron chi connectivity index (χ1n) is 5.14. The molecule has 0 aliphatic heterocycles. The molecule has 3 aromatic rings. The van der Waals surface area contributed by atoms with Crippen LogP contribution in [0.3, 0.4) is 0 Å². The summed E-state index contributed by atoms with van der Waals surface area (Å²) in [4.78, 5) is 0. The largest absolute Gasteiger partial charge is 0.240 e. The highest BCUT2D eigenvalue weighted by molar-refractivity contribution is 6.39. The van der Waals surface area contributed by atoms with Crippen LogP contribution in [0.2, 0.25) is 10.0 Å². The molecule has 4 heteroatoms. The minimum atomic E-state index is 0.610. The molecule has 0 N–H and O–H groups in total. The Bertz CT molecular complexity index is 635. The van der Waals surface area contributed by atoms with Crippen LogP contribution in [-0.4, -0.2) is 9.78 Å². The van der Waals surface area contributed by atoms with Gasteiger partial charge in [0.15, 0.2) is 0 Å². The van der Waals surface area contributed by atoms with Gasteiger partial charge in [-0.2, -0.15) is 5.10 Å². The monoisotopic (exact) mass is 262 g/mol. The molecule has 0 spiro atoms. The van der Waals surface area contributed by atoms with Crippen LogP contribution >= 0.6 is 23.2 Å². The van der Waals surface area contributed by atoms with Crippen LogP contribution in [0.15, 0.2) is 48.7 Å². The molecule has 0 bridgehead atoms. The molecule has 1 aromatic heterocycles. The minimum Gasteiger partial charge on any atom is -0.240 e. The van der Waals surface area contributed by atoms with Crippen molar-refractivity contribution in [3.63, 3.8) is 0 Å². The van der Waals surface area contributed by atoms with Gasteiger partial charge in [-0.3, -0.25) is 0 Å². The molecule has 0 unspecified atom stereocenters. The third-order valence-corrected chi connectivity index (χ3v) is 3.23. The summed E-state index contributed by atoms with van der Waals surface area (Å²) in [6.45, 7) is 0. The second kappa shape index (κ2) is 4.06. The zero-order valence-electron chi connectivity index (χ0n) is 8.77. The van der Waals surface area contributed by atoms with E-state index in [1.54, 1.807) is 16.8 Å². The summed E-state index contributed by atoms with van der Waals surface area (Å²) in [5, 5.41) is 6.58. The molecular weight excluding hydrogens is 255 g/mol. The van der Waals surface area contributed by atoms with Gasteiger partial charge >= 0.3 is 0 Å². The number of halogens is 2. The van der Waals surface area contributed by atoms with Gasteiger partial charge in [0.2, 0.25) is 0 Å². The Morgan fingerprint density at radius 2 is 1.59 bits per heavy atom. The Hall–Kier alpha value is -1.51. The van der Waals surface area contributed by atoms with Gasteiger partial charge in [0.25, 0.3) is 0 Å². The molecule has 0 aliphatic rings. The van der Waals surface area contributed by atoms with E-state index in [0.29, 0.717) is 10.0 Å². The van der Waals surface area contributed by atoms with Gasteiger partial charge in [-0.05, 0) is 24.3 Å². The van der Waals surface area contributed by atoms with E-state index in [4.69, 9.17) is 23.2 Å². The lowest BCUT2D eigenvalue weighted by atomic mass is 10.2. The van der Waals surface area contributed by atoms with Crippen molar-refractivity contribution in [1.82, 2.24) is 9.78 Å². The van der Waals surface area contributed by atoms with E-state index in [1.165, 1.54) is 0 Å². The number of hydrogen-bond acceptors (Lipinski definition) is 1. The lowest BCUT2D eigenvalue weighted by Crippen LogP contribution is -1.92. The summed E-state index contributed by atoms with van der Waals surface area (Å²) in [6.07, 6.45) is 1.89. The maximum Gasteiger partial charge on any atom is 0.113 e. The van der Waals surface area contributed by atoms with Crippen molar-refractivity contribution in [2.45, 2.75) is 0 Å². The van der Waals surface area contributed by atoms with Crippen LogP contribution in [-0.2, 0) is 0 Å². The maximum atomic E-state index is 6.12. The fraction of sp³-hybridized carbons (Fsp3) is 0. The first kappa shape index (κ1) is 10.6. The number of hydrogen-bond donors (Lipinski definition) is 0. The first-order chi connectivity index (χ1) is 8.25. The average molecular weight is 263 g/mol. The SMILES string of the molecule is Clc1ccc(Cl)c2nn(-c3ccccc3)cc12. The van der Waals surface area contributed by atoms with Gasteiger partial charge in [0.1, 0.15) is 5.52 Å². The summed E-state index contributed by atoms with van der Waals surface area (Å²) in [6, 6.07) is 13.4. The molecule has 0 radical (unpaired) electrons. The maximum absolute atomic E-state index is 6.12.